The second-order valence-corrected chi connectivity index (χ2v) is 6.02. The molecule has 0 atom stereocenters. The van der Waals surface area contributed by atoms with Gasteiger partial charge in [-0.15, -0.1) is 11.3 Å². The maximum atomic E-state index is 12.3. The number of aryl methyl sites for hydroxylation is 3. The summed E-state index contributed by atoms with van der Waals surface area (Å²) in [6.45, 7) is 1.87. The zero-order chi connectivity index (χ0) is 17.4. The molecule has 0 saturated heterocycles. The monoisotopic (exact) mass is 346 g/mol. The van der Waals surface area contributed by atoms with Crippen molar-refractivity contribution in [1.29, 1.82) is 0 Å². The van der Waals surface area contributed by atoms with Crippen LogP contribution >= 0.6 is 11.3 Å². The number of aromatic carboxylic acids is 1. The molecule has 9 nitrogen and oxygen atoms in total. The smallest absolute Gasteiger partial charge is 0.339 e. The summed E-state index contributed by atoms with van der Waals surface area (Å²) in [7, 11) is 3.37. The van der Waals surface area contributed by atoms with Crippen LogP contribution in [0.1, 0.15) is 26.5 Å². The fourth-order valence-corrected chi connectivity index (χ4v) is 2.98. The number of amides is 1. The van der Waals surface area contributed by atoms with Crippen molar-refractivity contribution in [3.05, 3.63) is 34.7 Å². The summed E-state index contributed by atoms with van der Waals surface area (Å²) in [6, 6.07) is 0. The first kappa shape index (κ1) is 15.9. The van der Waals surface area contributed by atoms with Gasteiger partial charge >= 0.3 is 5.97 Å². The highest BCUT2D eigenvalue weighted by atomic mass is 32.1. The fraction of sp³-hybridized carbons (Fsp3) is 0.214. The van der Waals surface area contributed by atoms with Gasteiger partial charge in [0.25, 0.3) is 5.91 Å². The number of carboxylic acid groups (broad SMARTS) is 1. The highest BCUT2D eigenvalue weighted by Gasteiger charge is 2.22. The van der Waals surface area contributed by atoms with E-state index in [1.165, 1.54) is 22.2 Å². The molecule has 0 aliphatic heterocycles. The Balaban J connectivity index is 1.84. The van der Waals surface area contributed by atoms with Crippen LogP contribution < -0.4 is 5.32 Å². The van der Waals surface area contributed by atoms with Crippen molar-refractivity contribution in [2.24, 2.45) is 14.1 Å². The van der Waals surface area contributed by atoms with Crippen LogP contribution in [0, 0.1) is 6.92 Å². The minimum absolute atomic E-state index is 0.153. The molecule has 0 fully saturated rings. The Kier molecular flexibility index (Phi) is 3.89. The van der Waals surface area contributed by atoms with Crippen molar-refractivity contribution in [2.45, 2.75) is 6.92 Å². The lowest BCUT2D eigenvalue weighted by molar-refractivity contribution is 0.0692. The number of carboxylic acids is 1. The number of hydrogen-bond acceptors (Lipinski definition) is 6. The van der Waals surface area contributed by atoms with Crippen molar-refractivity contribution in [1.82, 2.24) is 24.5 Å². The van der Waals surface area contributed by atoms with Crippen molar-refractivity contribution in [2.75, 3.05) is 5.32 Å². The largest absolute Gasteiger partial charge is 0.478 e. The summed E-state index contributed by atoms with van der Waals surface area (Å²) < 4.78 is 2.97. The summed E-state index contributed by atoms with van der Waals surface area (Å²) in [4.78, 5) is 27.8. The molecule has 24 heavy (non-hydrogen) atoms. The maximum Gasteiger partial charge on any atom is 0.339 e. The molecule has 3 aromatic heterocycles. The lowest BCUT2D eigenvalue weighted by Crippen LogP contribution is -2.16. The number of nitrogens with one attached hydrogen (secondary N) is 1. The Morgan fingerprint density at radius 2 is 1.92 bits per heavy atom. The van der Waals surface area contributed by atoms with E-state index in [1.807, 2.05) is 20.2 Å². The molecule has 0 saturated carbocycles. The molecular formula is C14H14N6O3S. The molecule has 0 aliphatic carbocycles. The molecule has 2 N–H and O–H groups in total. The Labute approximate surface area is 140 Å². The van der Waals surface area contributed by atoms with E-state index >= 15 is 0 Å². The van der Waals surface area contributed by atoms with Crippen LogP contribution in [0.3, 0.4) is 0 Å². The molecule has 3 rings (SSSR count). The Morgan fingerprint density at radius 1 is 1.21 bits per heavy atom. The maximum absolute atomic E-state index is 12.3. The normalized spacial score (nSPS) is 10.8. The third kappa shape index (κ3) is 2.91. The summed E-state index contributed by atoms with van der Waals surface area (Å²) in [5, 5.41) is 22.0. The standard InChI is InChI=1S/C14H14N6O3S/c1-7-8(4-19(2)17-7)10-6-24-14(15-10)16-12(21)11-9(13(22)23)5-20(3)18-11/h4-6H,1-3H3,(H,22,23)(H,15,16,21). The fourth-order valence-electron chi connectivity index (χ4n) is 2.27. The van der Waals surface area contributed by atoms with Crippen molar-refractivity contribution < 1.29 is 14.7 Å². The van der Waals surface area contributed by atoms with Crippen LogP contribution in [0.2, 0.25) is 0 Å². The lowest BCUT2D eigenvalue weighted by atomic mass is 10.2. The average Bonchev–Trinajstić information content (AvgIpc) is 3.18. The third-order valence-corrected chi connectivity index (χ3v) is 4.05. The molecule has 0 bridgehead atoms. The van der Waals surface area contributed by atoms with Gasteiger partial charge < -0.3 is 5.11 Å². The SMILES string of the molecule is Cc1nn(C)cc1-c1csc(NC(=O)c2nn(C)cc2C(=O)O)n1. The van der Waals surface area contributed by atoms with E-state index in [4.69, 9.17) is 5.11 Å². The highest BCUT2D eigenvalue weighted by molar-refractivity contribution is 7.14. The molecule has 0 radical (unpaired) electrons. The lowest BCUT2D eigenvalue weighted by Gasteiger charge is -1.99. The number of anilines is 1. The van der Waals surface area contributed by atoms with Gasteiger partial charge in [-0.25, -0.2) is 9.78 Å². The van der Waals surface area contributed by atoms with Crippen LogP contribution in [0.25, 0.3) is 11.3 Å². The molecule has 124 valence electrons. The minimum Gasteiger partial charge on any atom is -0.478 e. The molecule has 10 heteroatoms. The van der Waals surface area contributed by atoms with Gasteiger partial charge in [-0.3, -0.25) is 19.5 Å². The highest BCUT2D eigenvalue weighted by Crippen LogP contribution is 2.27. The predicted molar refractivity (Wildman–Crippen MR) is 87.2 cm³/mol. The first-order valence-electron chi connectivity index (χ1n) is 6.89. The van der Waals surface area contributed by atoms with E-state index < -0.39 is 11.9 Å². The quantitative estimate of drug-likeness (QED) is 0.740. The first-order chi connectivity index (χ1) is 11.3. The minimum atomic E-state index is -1.21. The average molecular weight is 346 g/mol. The van der Waals surface area contributed by atoms with Gasteiger partial charge in [0.2, 0.25) is 0 Å². The molecular weight excluding hydrogens is 332 g/mol. The van der Waals surface area contributed by atoms with Crippen molar-refractivity contribution >= 4 is 28.3 Å². The first-order valence-corrected chi connectivity index (χ1v) is 7.77. The number of aromatic nitrogens is 5. The summed E-state index contributed by atoms with van der Waals surface area (Å²) >= 11 is 1.24. The van der Waals surface area contributed by atoms with Gasteiger partial charge in [0.05, 0.1) is 11.4 Å². The van der Waals surface area contributed by atoms with Crippen LogP contribution in [0.5, 0.6) is 0 Å². The number of hydrogen-bond donors (Lipinski definition) is 2. The van der Waals surface area contributed by atoms with Crippen LogP contribution in [0.15, 0.2) is 17.8 Å². The number of rotatable bonds is 4. The van der Waals surface area contributed by atoms with E-state index in [0.717, 1.165) is 11.3 Å². The van der Waals surface area contributed by atoms with E-state index in [0.29, 0.717) is 10.8 Å². The van der Waals surface area contributed by atoms with Gasteiger partial charge in [0, 0.05) is 37.4 Å². The summed E-state index contributed by atoms with van der Waals surface area (Å²) in [5.41, 5.74) is 2.09. The van der Waals surface area contributed by atoms with E-state index in [2.05, 4.69) is 20.5 Å². The van der Waals surface area contributed by atoms with Gasteiger partial charge in [-0.2, -0.15) is 10.2 Å². The van der Waals surface area contributed by atoms with Gasteiger partial charge in [-0.1, -0.05) is 0 Å². The number of carbonyl (C=O) groups is 2. The van der Waals surface area contributed by atoms with E-state index in [-0.39, 0.29) is 11.3 Å². The zero-order valence-corrected chi connectivity index (χ0v) is 14.0. The topological polar surface area (TPSA) is 115 Å². The van der Waals surface area contributed by atoms with Gasteiger partial charge in [-0.05, 0) is 6.92 Å². The Morgan fingerprint density at radius 3 is 2.54 bits per heavy atom. The Hall–Kier alpha value is -3.01. The van der Waals surface area contributed by atoms with Crippen LogP contribution in [0.4, 0.5) is 5.13 Å². The molecule has 0 spiro atoms. The van der Waals surface area contributed by atoms with E-state index in [1.54, 1.807) is 17.1 Å². The van der Waals surface area contributed by atoms with Gasteiger partial charge in [0.15, 0.2) is 10.8 Å². The Bertz CT molecular complexity index is 938. The van der Waals surface area contributed by atoms with Crippen LogP contribution in [-0.2, 0) is 14.1 Å². The van der Waals surface area contributed by atoms with E-state index in [9.17, 15) is 9.59 Å². The van der Waals surface area contributed by atoms with Gasteiger partial charge in [0.1, 0.15) is 5.56 Å². The van der Waals surface area contributed by atoms with Crippen molar-refractivity contribution in [3.8, 4) is 11.3 Å². The summed E-state index contributed by atoms with van der Waals surface area (Å²) in [6.07, 6.45) is 3.13. The number of nitrogens with zero attached hydrogens (tertiary/aromatic N) is 5. The summed E-state index contributed by atoms with van der Waals surface area (Å²) in [5.74, 6) is -1.82. The molecule has 1 amide bonds. The van der Waals surface area contributed by atoms with Crippen molar-refractivity contribution in [3.63, 3.8) is 0 Å². The van der Waals surface area contributed by atoms with Crippen LogP contribution in [-0.4, -0.2) is 41.5 Å². The number of thiazole rings is 1. The molecule has 0 aliphatic rings. The molecule has 3 heterocycles. The second kappa shape index (κ2) is 5.89. The second-order valence-electron chi connectivity index (χ2n) is 5.16. The number of carbonyl (C=O) groups excluding carboxylic acids is 1. The third-order valence-electron chi connectivity index (χ3n) is 3.29. The zero-order valence-electron chi connectivity index (χ0n) is 13.1. The predicted octanol–water partition coefficient (Wildman–Crippen LogP) is 1.54. The molecule has 3 aromatic rings. The molecule has 0 unspecified atom stereocenters. The molecule has 0 aromatic carbocycles.